The summed E-state index contributed by atoms with van der Waals surface area (Å²) >= 11 is 1.64. The summed E-state index contributed by atoms with van der Waals surface area (Å²) in [6.07, 6.45) is 2.70. The van der Waals surface area contributed by atoms with Gasteiger partial charge in [-0.2, -0.15) is 0 Å². The van der Waals surface area contributed by atoms with Gasteiger partial charge in [0.25, 0.3) is 0 Å². The SMILES string of the molecule is CCC[SH+]CCC.[Br-]. The summed E-state index contributed by atoms with van der Waals surface area (Å²) in [6, 6.07) is 0. The van der Waals surface area contributed by atoms with Gasteiger partial charge >= 0.3 is 0 Å². The Bertz CT molecular complexity index is 27.7. The zero-order valence-corrected chi connectivity index (χ0v) is 8.13. The maximum absolute atomic E-state index is 2.24. The highest BCUT2D eigenvalue weighted by molar-refractivity contribution is 7.78. The molecule has 0 bridgehead atoms. The molecule has 0 N–H and O–H groups in total. The van der Waals surface area contributed by atoms with Crippen molar-refractivity contribution in [2.24, 2.45) is 0 Å². The Balaban J connectivity index is 0. The van der Waals surface area contributed by atoms with Crippen LogP contribution in [0.3, 0.4) is 0 Å². The van der Waals surface area contributed by atoms with Crippen molar-refractivity contribution >= 4 is 11.8 Å². The number of hydrogen-bond acceptors (Lipinski definition) is 0. The molecule has 0 aromatic heterocycles. The largest absolute Gasteiger partial charge is 1.00 e. The van der Waals surface area contributed by atoms with Crippen LogP contribution in [0.1, 0.15) is 26.7 Å². The molecule has 0 amide bonds. The molecule has 2 heteroatoms. The molecule has 8 heavy (non-hydrogen) atoms. The molecule has 0 aromatic rings. The Labute approximate surface area is 67.2 Å². The van der Waals surface area contributed by atoms with E-state index in [0.29, 0.717) is 0 Å². The van der Waals surface area contributed by atoms with Gasteiger partial charge in [-0.05, 0) is 24.6 Å². The Morgan fingerprint density at radius 2 is 1.38 bits per heavy atom. The van der Waals surface area contributed by atoms with Crippen LogP contribution in [0.4, 0.5) is 0 Å². The normalized spacial score (nSPS) is 8.25. The molecule has 0 heterocycles. The molecule has 0 saturated carbocycles. The second kappa shape index (κ2) is 10.7. The third kappa shape index (κ3) is 9.95. The van der Waals surface area contributed by atoms with E-state index in [2.05, 4.69) is 13.8 Å². The molecule has 0 saturated heterocycles. The fourth-order valence-electron chi connectivity index (χ4n) is 0.428. The van der Waals surface area contributed by atoms with Crippen molar-refractivity contribution < 1.29 is 17.0 Å². The Kier molecular flexibility index (Phi) is 15.6. The van der Waals surface area contributed by atoms with Crippen molar-refractivity contribution in [2.75, 3.05) is 11.5 Å². The standard InChI is InChI=1S/C6H14S.BrH/c1-3-5-7-6-4-2;/h3-6H2,1-2H3;1H. The lowest BCUT2D eigenvalue weighted by atomic mass is 10.6. The van der Waals surface area contributed by atoms with Crippen LogP contribution >= 0.6 is 0 Å². The average molecular weight is 199 g/mol. The molecular weight excluding hydrogens is 184 g/mol. The molecule has 0 aliphatic heterocycles. The number of thiol groups is 1. The third-order valence-electron chi connectivity index (χ3n) is 0.763. The van der Waals surface area contributed by atoms with Crippen LogP contribution in [0.2, 0.25) is 0 Å². The van der Waals surface area contributed by atoms with Crippen molar-refractivity contribution in [3.63, 3.8) is 0 Å². The molecule has 0 unspecified atom stereocenters. The molecule has 0 nitrogen and oxygen atoms in total. The summed E-state index contributed by atoms with van der Waals surface area (Å²) in [5, 5.41) is 0. The third-order valence-corrected chi connectivity index (χ3v) is 2.29. The number of hydrogen-bond donors (Lipinski definition) is 0. The van der Waals surface area contributed by atoms with E-state index in [0.717, 1.165) is 0 Å². The second-order valence-corrected chi connectivity index (χ2v) is 3.01. The molecule has 0 aliphatic rings. The van der Waals surface area contributed by atoms with Crippen LogP contribution in [0.15, 0.2) is 0 Å². The van der Waals surface area contributed by atoms with Crippen LogP contribution in [0.25, 0.3) is 0 Å². The van der Waals surface area contributed by atoms with E-state index >= 15 is 0 Å². The second-order valence-electron chi connectivity index (χ2n) is 1.67. The predicted molar refractivity (Wildman–Crippen MR) is 39.1 cm³/mol. The highest BCUT2D eigenvalue weighted by Crippen LogP contribution is 1.82. The van der Waals surface area contributed by atoms with Gasteiger partial charge in [0, 0.05) is 0 Å². The van der Waals surface area contributed by atoms with E-state index < -0.39 is 0 Å². The highest BCUT2D eigenvalue weighted by atomic mass is 79.9. The van der Waals surface area contributed by atoms with E-state index in [4.69, 9.17) is 0 Å². The smallest absolute Gasteiger partial charge is 0.105 e. The van der Waals surface area contributed by atoms with Gasteiger partial charge in [-0.3, -0.25) is 0 Å². The minimum absolute atomic E-state index is 0. The van der Waals surface area contributed by atoms with Gasteiger partial charge in [-0.1, -0.05) is 13.8 Å². The zero-order valence-electron chi connectivity index (χ0n) is 5.65. The molecule has 0 rings (SSSR count). The van der Waals surface area contributed by atoms with Crippen molar-refractivity contribution in [3.05, 3.63) is 0 Å². The molecule has 0 atom stereocenters. The molecule has 0 aliphatic carbocycles. The molecule has 0 spiro atoms. The van der Waals surface area contributed by atoms with Crippen molar-refractivity contribution in [3.8, 4) is 0 Å². The number of rotatable bonds is 4. The van der Waals surface area contributed by atoms with Gasteiger partial charge in [0.05, 0.1) is 0 Å². The van der Waals surface area contributed by atoms with Crippen LogP contribution in [-0.2, 0) is 11.8 Å². The Morgan fingerprint density at radius 1 is 1.00 bits per heavy atom. The summed E-state index contributed by atoms with van der Waals surface area (Å²) in [6.45, 7) is 4.48. The predicted octanol–water partition coefficient (Wildman–Crippen LogP) is -1.37. The first-order valence-electron chi connectivity index (χ1n) is 3.05. The lowest BCUT2D eigenvalue weighted by Gasteiger charge is -1.82. The zero-order chi connectivity index (χ0) is 5.54. The Morgan fingerprint density at radius 3 is 1.62 bits per heavy atom. The van der Waals surface area contributed by atoms with Crippen molar-refractivity contribution in [2.45, 2.75) is 26.7 Å². The monoisotopic (exact) mass is 198 g/mol. The lowest BCUT2D eigenvalue weighted by Crippen LogP contribution is -3.00. The minimum Gasteiger partial charge on any atom is -1.00 e. The van der Waals surface area contributed by atoms with Gasteiger partial charge in [0.2, 0.25) is 0 Å². The van der Waals surface area contributed by atoms with E-state index in [1.54, 1.807) is 11.8 Å². The first kappa shape index (κ1) is 11.6. The van der Waals surface area contributed by atoms with Gasteiger partial charge in [-0.25, -0.2) is 0 Å². The summed E-state index contributed by atoms with van der Waals surface area (Å²) < 4.78 is 0. The van der Waals surface area contributed by atoms with E-state index in [1.165, 1.54) is 24.3 Å². The molecular formula is C6H15BrS. The van der Waals surface area contributed by atoms with Crippen LogP contribution in [0, 0.1) is 0 Å². The van der Waals surface area contributed by atoms with E-state index in [9.17, 15) is 0 Å². The fourth-order valence-corrected chi connectivity index (χ4v) is 1.28. The van der Waals surface area contributed by atoms with Crippen LogP contribution in [0.5, 0.6) is 0 Å². The molecule has 0 fully saturated rings. The van der Waals surface area contributed by atoms with Gasteiger partial charge in [-0.15, -0.1) is 0 Å². The Hall–Kier alpha value is 0.830. The molecule has 0 radical (unpaired) electrons. The lowest BCUT2D eigenvalue weighted by molar-refractivity contribution is -0.00000161. The molecule has 0 aromatic carbocycles. The quantitative estimate of drug-likeness (QED) is 0.297. The van der Waals surface area contributed by atoms with Gasteiger partial charge in [0.15, 0.2) is 0 Å². The summed E-state index contributed by atoms with van der Waals surface area (Å²) in [5.74, 6) is 2.79. The average Bonchev–Trinajstić information content (AvgIpc) is 1.69. The van der Waals surface area contributed by atoms with Gasteiger partial charge < -0.3 is 17.0 Å². The summed E-state index contributed by atoms with van der Waals surface area (Å²) in [4.78, 5) is 0. The van der Waals surface area contributed by atoms with Crippen molar-refractivity contribution in [1.82, 2.24) is 0 Å². The van der Waals surface area contributed by atoms with Crippen molar-refractivity contribution in [1.29, 1.82) is 0 Å². The maximum Gasteiger partial charge on any atom is 0.105 e. The first-order valence-corrected chi connectivity index (χ1v) is 4.31. The minimum atomic E-state index is 0. The van der Waals surface area contributed by atoms with Crippen LogP contribution < -0.4 is 17.0 Å². The first-order chi connectivity index (χ1) is 3.41. The van der Waals surface area contributed by atoms with Crippen LogP contribution in [-0.4, -0.2) is 11.5 Å². The number of halogens is 1. The van der Waals surface area contributed by atoms with E-state index in [1.807, 2.05) is 0 Å². The summed E-state index contributed by atoms with van der Waals surface area (Å²) in [7, 11) is 0. The summed E-state index contributed by atoms with van der Waals surface area (Å²) in [5.41, 5.74) is 0. The molecule has 52 valence electrons. The fraction of sp³-hybridized carbons (Fsp3) is 1.00. The maximum atomic E-state index is 2.24. The van der Waals surface area contributed by atoms with Gasteiger partial charge in [0.1, 0.15) is 11.5 Å². The van der Waals surface area contributed by atoms with E-state index in [-0.39, 0.29) is 17.0 Å². The highest BCUT2D eigenvalue weighted by Gasteiger charge is 1.88. The topological polar surface area (TPSA) is 0 Å².